The molecule has 0 unspecified atom stereocenters. The molecule has 4 nitrogen and oxygen atoms in total. The van der Waals surface area contributed by atoms with Crippen LogP contribution in [-0.2, 0) is 10.7 Å². The van der Waals surface area contributed by atoms with Crippen molar-refractivity contribution < 1.29 is 8.42 Å². The summed E-state index contributed by atoms with van der Waals surface area (Å²) in [5, 5.41) is -0.337. The largest absolute Gasteiger partial charge is 0.225 e. The van der Waals surface area contributed by atoms with E-state index in [-0.39, 0.29) is 15.5 Å². The lowest BCUT2D eigenvalue weighted by Crippen LogP contribution is -1.89. The van der Waals surface area contributed by atoms with Crippen molar-refractivity contribution in [3.8, 4) is 0 Å². The molecule has 0 aliphatic heterocycles. The van der Waals surface area contributed by atoms with Gasteiger partial charge in [-0.25, -0.2) is 18.4 Å². The molecule has 0 aliphatic rings. The molecule has 0 fully saturated rings. The topological polar surface area (TPSA) is 59.9 Å². The molecular formula is C4H2Cl2N2O2S. The molecule has 1 aromatic rings. The Morgan fingerprint density at radius 3 is 2.36 bits per heavy atom. The molecule has 0 spiro atoms. The quantitative estimate of drug-likeness (QED) is 0.425. The van der Waals surface area contributed by atoms with Crippen molar-refractivity contribution >= 4 is 33.9 Å². The Bertz CT molecular complexity index is 324. The standard InChI is InChI=1S/C4H2Cl2N2O2S/c5-2-1-3(11(9)10)8-4(6)7-2/h1,11H. The average Bonchev–Trinajstić information content (AvgIpc) is 1.85. The lowest BCUT2D eigenvalue weighted by Gasteiger charge is -1.91. The summed E-state index contributed by atoms with van der Waals surface area (Å²) in [6, 6.07) is 1.12. The first-order chi connectivity index (χ1) is 5.09. The van der Waals surface area contributed by atoms with Crippen molar-refractivity contribution in [2.45, 2.75) is 5.03 Å². The first-order valence-corrected chi connectivity index (χ1v) is 4.37. The van der Waals surface area contributed by atoms with E-state index in [9.17, 15) is 8.42 Å². The van der Waals surface area contributed by atoms with Gasteiger partial charge in [0.15, 0.2) is 15.7 Å². The Kier molecular flexibility index (Phi) is 2.64. The van der Waals surface area contributed by atoms with Crippen LogP contribution in [0.5, 0.6) is 0 Å². The first kappa shape index (κ1) is 8.70. The summed E-state index contributed by atoms with van der Waals surface area (Å²) in [6.45, 7) is 0. The molecule has 0 aliphatic carbocycles. The van der Waals surface area contributed by atoms with Crippen LogP contribution >= 0.6 is 23.2 Å². The summed E-state index contributed by atoms with van der Waals surface area (Å²) in [7, 11) is -2.75. The highest BCUT2D eigenvalue weighted by Crippen LogP contribution is 2.10. The van der Waals surface area contributed by atoms with Crippen molar-refractivity contribution in [2.75, 3.05) is 0 Å². The van der Waals surface area contributed by atoms with Gasteiger partial charge in [-0.05, 0) is 11.6 Å². The van der Waals surface area contributed by atoms with Gasteiger partial charge in [-0.15, -0.1) is 0 Å². The first-order valence-electron chi connectivity index (χ1n) is 2.44. The van der Waals surface area contributed by atoms with E-state index in [2.05, 4.69) is 9.97 Å². The SMILES string of the molecule is O=[SH](=O)c1cc(Cl)nc(Cl)n1. The molecule has 0 amide bonds. The number of thiol groups is 1. The normalized spacial score (nSPS) is 10.5. The van der Waals surface area contributed by atoms with E-state index >= 15 is 0 Å². The molecule has 0 atom stereocenters. The third-order valence-electron chi connectivity index (χ3n) is 0.841. The Morgan fingerprint density at radius 1 is 1.27 bits per heavy atom. The zero-order valence-electron chi connectivity index (χ0n) is 4.99. The zero-order valence-corrected chi connectivity index (χ0v) is 7.40. The Labute approximate surface area is 74.1 Å². The number of halogens is 2. The van der Waals surface area contributed by atoms with Crippen LogP contribution in [-0.4, -0.2) is 18.4 Å². The van der Waals surface area contributed by atoms with E-state index in [1.54, 1.807) is 0 Å². The number of nitrogens with zero attached hydrogens (tertiary/aromatic N) is 2. The maximum atomic E-state index is 10.3. The molecule has 0 N–H and O–H groups in total. The van der Waals surface area contributed by atoms with E-state index < -0.39 is 10.7 Å². The molecule has 1 aromatic heterocycles. The van der Waals surface area contributed by atoms with Gasteiger partial charge in [-0.2, -0.15) is 0 Å². The highest BCUT2D eigenvalue weighted by atomic mass is 35.5. The Hall–Kier alpha value is -0.390. The molecule has 60 valence electrons. The summed E-state index contributed by atoms with van der Waals surface area (Å²) in [5.74, 6) is 0. The van der Waals surface area contributed by atoms with Gasteiger partial charge in [0.05, 0.1) is 0 Å². The lowest BCUT2D eigenvalue weighted by atomic mass is 10.7. The van der Waals surface area contributed by atoms with Gasteiger partial charge in [-0.1, -0.05) is 11.6 Å². The molecule has 7 heteroatoms. The maximum Gasteiger partial charge on any atom is 0.225 e. The third-order valence-corrected chi connectivity index (χ3v) is 1.81. The smallest absolute Gasteiger partial charge is 0.225 e. The second-order valence-corrected chi connectivity index (χ2v) is 3.27. The fourth-order valence-electron chi connectivity index (χ4n) is 0.472. The average molecular weight is 213 g/mol. The fourth-order valence-corrected chi connectivity index (χ4v) is 1.42. The predicted octanol–water partition coefficient (Wildman–Crippen LogP) is 0.754. The fraction of sp³-hybridized carbons (Fsp3) is 0. The highest BCUT2D eigenvalue weighted by molar-refractivity contribution is 7.72. The van der Waals surface area contributed by atoms with E-state index in [0.29, 0.717) is 0 Å². The van der Waals surface area contributed by atoms with Gasteiger partial charge in [0.2, 0.25) is 5.28 Å². The molecular weight excluding hydrogens is 211 g/mol. The van der Waals surface area contributed by atoms with Crippen LogP contribution in [0.3, 0.4) is 0 Å². The Morgan fingerprint density at radius 2 is 1.91 bits per heavy atom. The molecule has 0 aromatic carbocycles. The minimum atomic E-state index is -2.75. The molecule has 11 heavy (non-hydrogen) atoms. The van der Waals surface area contributed by atoms with Crippen LogP contribution < -0.4 is 0 Å². The zero-order chi connectivity index (χ0) is 8.43. The van der Waals surface area contributed by atoms with Crippen molar-refractivity contribution in [1.82, 2.24) is 9.97 Å². The van der Waals surface area contributed by atoms with Crippen molar-refractivity contribution in [2.24, 2.45) is 0 Å². The van der Waals surface area contributed by atoms with Crippen LogP contribution in [0.4, 0.5) is 0 Å². The second kappa shape index (κ2) is 3.34. The van der Waals surface area contributed by atoms with Crippen LogP contribution in [0.25, 0.3) is 0 Å². The van der Waals surface area contributed by atoms with Crippen LogP contribution in [0.15, 0.2) is 11.1 Å². The highest BCUT2D eigenvalue weighted by Gasteiger charge is 2.01. The molecule has 1 rings (SSSR count). The number of hydrogen-bond donors (Lipinski definition) is 1. The molecule has 0 saturated carbocycles. The molecule has 0 radical (unpaired) electrons. The minimum Gasteiger partial charge on any atom is -0.225 e. The number of aromatic nitrogens is 2. The number of rotatable bonds is 1. The molecule has 0 bridgehead atoms. The second-order valence-electron chi connectivity index (χ2n) is 1.58. The number of hydrogen-bond acceptors (Lipinski definition) is 4. The van der Waals surface area contributed by atoms with Crippen molar-refractivity contribution in [1.29, 1.82) is 0 Å². The van der Waals surface area contributed by atoms with Gasteiger partial charge in [0.1, 0.15) is 5.15 Å². The summed E-state index contributed by atoms with van der Waals surface area (Å²) in [6.07, 6.45) is 0. The van der Waals surface area contributed by atoms with Gasteiger partial charge in [-0.3, -0.25) is 0 Å². The summed E-state index contributed by atoms with van der Waals surface area (Å²) in [4.78, 5) is 6.88. The summed E-state index contributed by atoms with van der Waals surface area (Å²) < 4.78 is 20.7. The third kappa shape index (κ3) is 2.28. The van der Waals surface area contributed by atoms with Crippen LogP contribution in [0.1, 0.15) is 0 Å². The summed E-state index contributed by atoms with van der Waals surface area (Å²) in [5.41, 5.74) is 0. The van der Waals surface area contributed by atoms with E-state index in [1.807, 2.05) is 0 Å². The van der Waals surface area contributed by atoms with Gasteiger partial charge >= 0.3 is 0 Å². The Balaban J connectivity index is 3.29. The minimum absolute atomic E-state index is 0.0131. The molecule has 1 heterocycles. The summed E-state index contributed by atoms with van der Waals surface area (Å²) >= 11 is 10.7. The van der Waals surface area contributed by atoms with Crippen molar-refractivity contribution in [3.63, 3.8) is 0 Å². The van der Waals surface area contributed by atoms with Crippen LogP contribution in [0, 0.1) is 0 Å². The van der Waals surface area contributed by atoms with E-state index in [4.69, 9.17) is 23.2 Å². The molecule has 0 saturated heterocycles. The predicted molar refractivity (Wildman–Crippen MR) is 40.6 cm³/mol. The monoisotopic (exact) mass is 212 g/mol. The van der Waals surface area contributed by atoms with Gasteiger partial charge in [0.25, 0.3) is 0 Å². The van der Waals surface area contributed by atoms with Gasteiger partial charge in [0, 0.05) is 6.07 Å². The van der Waals surface area contributed by atoms with Crippen molar-refractivity contribution in [3.05, 3.63) is 16.5 Å². The van der Waals surface area contributed by atoms with Gasteiger partial charge < -0.3 is 0 Å². The van der Waals surface area contributed by atoms with Crippen LogP contribution in [0.2, 0.25) is 10.4 Å². The van der Waals surface area contributed by atoms with E-state index in [0.717, 1.165) is 6.07 Å². The maximum absolute atomic E-state index is 10.3. The van der Waals surface area contributed by atoms with E-state index in [1.165, 1.54) is 0 Å². The lowest BCUT2D eigenvalue weighted by molar-refractivity contribution is 0.611.